The molecule has 0 unspecified atom stereocenters. The monoisotopic (exact) mass is 624 g/mol. The number of pyridine rings is 1. The molecular weight excluding hydrogens is 580 g/mol. The van der Waals surface area contributed by atoms with Gasteiger partial charge < -0.3 is 29.0 Å². The molecule has 46 heavy (non-hydrogen) atoms. The minimum Gasteiger partial charge on any atom is -0.497 e. The highest BCUT2D eigenvalue weighted by Crippen LogP contribution is 2.36. The Morgan fingerprint density at radius 1 is 0.978 bits per heavy atom. The molecule has 0 radical (unpaired) electrons. The number of amides is 2. The topological polar surface area (TPSA) is 97.0 Å². The quantitative estimate of drug-likeness (QED) is 0.168. The Bertz CT molecular complexity index is 1660. The number of rotatable bonds is 12. The van der Waals surface area contributed by atoms with E-state index in [-0.39, 0.29) is 25.6 Å². The van der Waals surface area contributed by atoms with Gasteiger partial charge in [0, 0.05) is 66.7 Å². The summed E-state index contributed by atoms with van der Waals surface area (Å²) in [6, 6.07) is 22.3. The molecule has 0 saturated heterocycles. The number of allylic oxidation sites excluding steroid dienone is 1. The second kappa shape index (κ2) is 15.3. The van der Waals surface area contributed by atoms with E-state index in [2.05, 4.69) is 47.2 Å². The Hall–Kier alpha value is -5.05. The summed E-state index contributed by atoms with van der Waals surface area (Å²) in [5, 5.41) is 1.12. The molecule has 0 fully saturated rings. The molecule has 1 N–H and O–H groups in total. The van der Waals surface area contributed by atoms with Gasteiger partial charge in [-0.1, -0.05) is 43.3 Å². The number of benzene rings is 2. The van der Waals surface area contributed by atoms with Crippen molar-refractivity contribution in [2.24, 2.45) is 0 Å². The maximum absolute atomic E-state index is 12.9. The van der Waals surface area contributed by atoms with E-state index in [1.165, 1.54) is 15.9 Å². The zero-order valence-electron chi connectivity index (χ0n) is 27.8. The van der Waals surface area contributed by atoms with Crippen molar-refractivity contribution in [1.29, 1.82) is 0 Å². The summed E-state index contributed by atoms with van der Waals surface area (Å²) in [5.74, 6) is 1.06. The van der Waals surface area contributed by atoms with E-state index in [1.807, 2.05) is 63.4 Å². The van der Waals surface area contributed by atoms with Crippen LogP contribution in [0.2, 0.25) is 0 Å². The van der Waals surface area contributed by atoms with Crippen molar-refractivity contribution in [3.63, 3.8) is 0 Å². The van der Waals surface area contributed by atoms with Gasteiger partial charge in [0.05, 0.1) is 13.7 Å². The van der Waals surface area contributed by atoms with E-state index in [1.54, 1.807) is 27.3 Å². The van der Waals surface area contributed by atoms with Gasteiger partial charge in [-0.25, -0.2) is 9.78 Å². The van der Waals surface area contributed by atoms with E-state index < -0.39 is 11.7 Å². The lowest BCUT2D eigenvalue weighted by Crippen LogP contribution is -2.39. The molecule has 2 heterocycles. The first-order valence-electron chi connectivity index (χ1n) is 15.4. The van der Waals surface area contributed by atoms with Crippen LogP contribution in [-0.4, -0.2) is 78.3 Å². The number of likely N-dealkylation sites (N-methyl/N-ethyl adjacent to an activating group) is 1. The molecule has 0 saturated carbocycles. The molecular formula is C37H44N4O5. The highest BCUT2D eigenvalue weighted by Gasteiger charge is 2.22. The van der Waals surface area contributed by atoms with Crippen molar-refractivity contribution >= 4 is 34.0 Å². The number of aromatic nitrogens is 2. The third kappa shape index (κ3) is 9.00. The second-order valence-electron chi connectivity index (χ2n) is 12.0. The van der Waals surface area contributed by atoms with E-state index in [9.17, 15) is 9.59 Å². The fraction of sp³-hybridized carbons (Fsp3) is 0.324. The van der Waals surface area contributed by atoms with Crippen LogP contribution < -0.4 is 9.47 Å². The summed E-state index contributed by atoms with van der Waals surface area (Å²) in [4.78, 5) is 36.0. The number of carbonyl (C=O) groups excluding carboxylic acids is 2. The van der Waals surface area contributed by atoms with Crippen LogP contribution in [0.15, 0.2) is 85.1 Å². The number of carbonyl (C=O) groups is 2. The Morgan fingerprint density at radius 2 is 1.76 bits per heavy atom. The standard InChI is InChI=1S/C37H44N4O5/c1-8-30(26-14-11-15-29(23-26)44-7)35(32-24-27-13-9-10-16-31(27)39-32)28-18-19-33(38-25-28)45-22-21-41(36(43)46-37(2,3)4)20-12-17-34(42)40(5)6/h9-19,23-25,39H,8,20-22H2,1-7H3/b17-12+,35-30+. The second-order valence-corrected chi connectivity index (χ2v) is 12.0. The Labute approximate surface area is 271 Å². The first-order valence-corrected chi connectivity index (χ1v) is 15.4. The first kappa shape index (κ1) is 33.8. The highest BCUT2D eigenvalue weighted by molar-refractivity contribution is 6.00. The molecule has 0 aliphatic rings. The lowest BCUT2D eigenvalue weighted by atomic mass is 9.91. The smallest absolute Gasteiger partial charge is 0.410 e. The van der Waals surface area contributed by atoms with Gasteiger partial charge in [0.15, 0.2) is 0 Å². The van der Waals surface area contributed by atoms with Gasteiger partial charge in [-0.2, -0.15) is 0 Å². The fourth-order valence-electron chi connectivity index (χ4n) is 4.92. The summed E-state index contributed by atoms with van der Waals surface area (Å²) >= 11 is 0. The molecule has 0 spiro atoms. The average Bonchev–Trinajstić information content (AvgIpc) is 3.46. The van der Waals surface area contributed by atoms with Crippen LogP contribution in [0.3, 0.4) is 0 Å². The molecule has 2 aromatic heterocycles. The van der Waals surface area contributed by atoms with Gasteiger partial charge in [-0.15, -0.1) is 0 Å². The third-order valence-electron chi connectivity index (χ3n) is 7.19. The molecule has 4 aromatic rings. The van der Waals surface area contributed by atoms with Crippen molar-refractivity contribution in [3.8, 4) is 11.6 Å². The first-order chi connectivity index (χ1) is 22.0. The van der Waals surface area contributed by atoms with Gasteiger partial charge in [-0.3, -0.25) is 4.79 Å². The molecule has 0 aliphatic carbocycles. The van der Waals surface area contributed by atoms with Crippen LogP contribution in [0, 0.1) is 0 Å². The lowest BCUT2D eigenvalue weighted by Gasteiger charge is -2.26. The summed E-state index contributed by atoms with van der Waals surface area (Å²) in [6.07, 6.45) is 5.19. The largest absolute Gasteiger partial charge is 0.497 e. The van der Waals surface area contributed by atoms with Crippen LogP contribution in [-0.2, 0) is 9.53 Å². The van der Waals surface area contributed by atoms with E-state index in [0.29, 0.717) is 5.88 Å². The maximum atomic E-state index is 12.9. The number of fused-ring (bicyclic) bond motifs is 1. The number of hydrogen-bond acceptors (Lipinski definition) is 6. The molecule has 2 amide bonds. The van der Waals surface area contributed by atoms with Crippen LogP contribution in [0.5, 0.6) is 11.6 Å². The average molecular weight is 625 g/mol. The number of para-hydroxylation sites is 1. The van der Waals surface area contributed by atoms with Crippen LogP contribution in [0.4, 0.5) is 4.79 Å². The van der Waals surface area contributed by atoms with Crippen molar-refractivity contribution in [2.75, 3.05) is 40.9 Å². The van der Waals surface area contributed by atoms with Gasteiger partial charge in [0.2, 0.25) is 11.8 Å². The zero-order chi connectivity index (χ0) is 33.3. The van der Waals surface area contributed by atoms with Gasteiger partial charge in [0.1, 0.15) is 18.0 Å². The summed E-state index contributed by atoms with van der Waals surface area (Å²) in [6.45, 7) is 8.22. The molecule has 2 aromatic carbocycles. The van der Waals surface area contributed by atoms with Crippen molar-refractivity contribution in [1.82, 2.24) is 19.8 Å². The number of aromatic amines is 1. The van der Waals surface area contributed by atoms with Crippen LogP contribution in [0.1, 0.15) is 50.9 Å². The summed E-state index contributed by atoms with van der Waals surface area (Å²) in [5.41, 5.74) is 5.58. The normalized spacial score (nSPS) is 12.2. The zero-order valence-corrected chi connectivity index (χ0v) is 27.8. The van der Waals surface area contributed by atoms with E-state index in [4.69, 9.17) is 14.2 Å². The van der Waals surface area contributed by atoms with Crippen molar-refractivity contribution < 1.29 is 23.8 Å². The number of methoxy groups -OCH3 is 1. The number of H-pyrrole nitrogens is 1. The minimum atomic E-state index is -0.658. The number of nitrogens with one attached hydrogen (secondary N) is 1. The molecule has 0 aliphatic heterocycles. The van der Waals surface area contributed by atoms with Gasteiger partial charge in [-0.05, 0) is 68.7 Å². The van der Waals surface area contributed by atoms with Gasteiger partial charge in [0.25, 0.3) is 0 Å². The Balaban J connectivity index is 1.58. The molecule has 0 bridgehead atoms. The molecule has 0 atom stereocenters. The Morgan fingerprint density at radius 3 is 2.41 bits per heavy atom. The molecule has 4 rings (SSSR count). The molecule has 9 heteroatoms. The molecule has 242 valence electrons. The summed E-state index contributed by atoms with van der Waals surface area (Å²) < 4.78 is 17.1. The van der Waals surface area contributed by atoms with E-state index in [0.717, 1.165) is 51.0 Å². The van der Waals surface area contributed by atoms with Gasteiger partial charge >= 0.3 is 6.09 Å². The Kier molecular flexibility index (Phi) is 11.2. The predicted molar refractivity (Wildman–Crippen MR) is 183 cm³/mol. The van der Waals surface area contributed by atoms with Crippen molar-refractivity contribution in [2.45, 2.75) is 39.7 Å². The van der Waals surface area contributed by atoms with E-state index >= 15 is 0 Å². The summed E-state index contributed by atoms with van der Waals surface area (Å²) in [7, 11) is 5.02. The number of nitrogens with zero attached hydrogens (tertiary/aromatic N) is 3. The molecule has 9 nitrogen and oxygen atoms in total. The van der Waals surface area contributed by atoms with Crippen LogP contribution >= 0.6 is 0 Å². The van der Waals surface area contributed by atoms with Crippen LogP contribution in [0.25, 0.3) is 22.0 Å². The lowest BCUT2D eigenvalue weighted by molar-refractivity contribution is -0.123. The maximum Gasteiger partial charge on any atom is 0.410 e. The SMILES string of the molecule is CC/C(=C(/c1ccc(OCCN(C/C=C/C(=O)N(C)C)C(=O)OC(C)(C)C)nc1)c1cc2ccccc2[nH]1)c1cccc(OC)c1. The van der Waals surface area contributed by atoms with Crippen molar-refractivity contribution in [3.05, 3.63) is 102 Å². The highest BCUT2D eigenvalue weighted by atomic mass is 16.6. The third-order valence-corrected chi connectivity index (χ3v) is 7.19. The minimum absolute atomic E-state index is 0.164. The predicted octanol–water partition coefficient (Wildman–Crippen LogP) is 7.20. The number of hydrogen-bond donors (Lipinski definition) is 1. The fourth-order valence-corrected chi connectivity index (χ4v) is 4.92. The number of ether oxygens (including phenoxy) is 3.